The number of para-hydroxylation sites is 1. The Morgan fingerprint density at radius 1 is 1.00 bits per heavy atom. The van der Waals surface area contributed by atoms with Crippen molar-refractivity contribution >= 4 is 38.7 Å². The standard InChI is InChI=1S/C27H31N3O6S/c1-27(2,3)36-26(33)30-21-9-5-4-8-18(21)16-24(30)20-17-19(10-11-22(20)28-13-6-7-14-28)37(34,35)29-15-12-23(29)25(31)32/h4-5,8-11,16-17,23H,6-7,12-15H2,1-3H3,(H,31,32). The first-order valence-electron chi connectivity index (χ1n) is 12.5. The Balaban J connectivity index is 1.71. The summed E-state index contributed by atoms with van der Waals surface area (Å²) >= 11 is 0. The molecule has 5 rings (SSSR count). The first-order chi connectivity index (χ1) is 17.5. The van der Waals surface area contributed by atoms with Gasteiger partial charge in [0.1, 0.15) is 11.6 Å². The van der Waals surface area contributed by atoms with E-state index in [0.717, 1.165) is 41.3 Å². The van der Waals surface area contributed by atoms with Crippen LogP contribution in [0.3, 0.4) is 0 Å². The number of sulfonamides is 1. The molecule has 0 radical (unpaired) electrons. The molecule has 2 aromatic carbocycles. The van der Waals surface area contributed by atoms with E-state index in [0.29, 0.717) is 16.8 Å². The second kappa shape index (κ2) is 9.18. The molecular formula is C27H31N3O6S. The van der Waals surface area contributed by atoms with Crippen LogP contribution in [0.25, 0.3) is 22.2 Å². The largest absolute Gasteiger partial charge is 0.480 e. The monoisotopic (exact) mass is 525 g/mol. The average Bonchev–Trinajstić information content (AvgIpc) is 3.44. The van der Waals surface area contributed by atoms with Crippen molar-refractivity contribution in [3.05, 3.63) is 48.5 Å². The van der Waals surface area contributed by atoms with Gasteiger partial charge >= 0.3 is 12.1 Å². The number of nitrogens with zero attached hydrogens (tertiary/aromatic N) is 3. The number of carbonyl (C=O) groups is 2. The predicted octanol–water partition coefficient (Wildman–Crippen LogP) is 4.54. The number of hydrogen-bond acceptors (Lipinski definition) is 6. The molecular weight excluding hydrogens is 494 g/mol. The summed E-state index contributed by atoms with van der Waals surface area (Å²) in [5.74, 6) is -1.16. The molecule has 10 heteroatoms. The first-order valence-corrected chi connectivity index (χ1v) is 13.9. The highest BCUT2D eigenvalue weighted by Crippen LogP contribution is 2.39. The maximum absolute atomic E-state index is 13.5. The van der Waals surface area contributed by atoms with Gasteiger partial charge in [-0.2, -0.15) is 4.31 Å². The molecule has 2 aliphatic heterocycles. The zero-order valence-corrected chi connectivity index (χ0v) is 22.0. The molecule has 0 amide bonds. The summed E-state index contributed by atoms with van der Waals surface area (Å²) in [6, 6.07) is 13.1. The minimum Gasteiger partial charge on any atom is -0.480 e. The molecule has 3 aromatic rings. The highest BCUT2D eigenvalue weighted by atomic mass is 32.2. The fraction of sp³-hybridized carbons (Fsp3) is 0.407. The smallest absolute Gasteiger partial charge is 0.419 e. The zero-order chi connectivity index (χ0) is 26.5. The molecule has 0 bridgehead atoms. The lowest BCUT2D eigenvalue weighted by Gasteiger charge is -2.36. The van der Waals surface area contributed by atoms with Crippen LogP contribution >= 0.6 is 0 Å². The molecule has 37 heavy (non-hydrogen) atoms. The van der Waals surface area contributed by atoms with Gasteiger partial charge in [-0.05, 0) is 70.4 Å². The molecule has 0 spiro atoms. The third-order valence-corrected chi connectivity index (χ3v) is 8.74. The van der Waals surface area contributed by atoms with E-state index in [4.69, 9.17) is 4.74 Å². The summed E-state index contributed by atoms with van der Waals surface area (Å²) in [6.45, 7) is 7.18. The second-order valence-electron chi connectivity index (χ2n) is 10.5. The number of aliphatic carboxylic acids is 1. The number of carboxylic acids is 1. The minimum absolute atomic E-state index is 0.00242. The molecule has 0 saturated carbocycles. The minimum atomic E-state index is -4.05. The summed E-state index contributed by atoms with van der Waals surface area (Å²) in [6.07, 6.45) is 1.75. The number of anilines is 1. The van der Waals surface area contributed by atoms with Crippen molar-refractivity contribution in [2.75, 3.05) is 24.5 Å². The molecule has 2 saturated heterocycles. The molecule has 1 N–H and O–H groups in total. The summed E-state index contributed by atoms with van der Waals surface area (Å²) in [5.41, 5.74) is 1.85. The Bertz CT molecular complexity index is 1480. The molecule has 1 atom stereocenters. The van der Waals surface area contributed by atoms with Crippen LogP contribution in [-0.2, 0) is 19.6 Å². The van der Waals surface area contributed by atoms with Gasteiger partial charge in [-0.3, -0.25) is 4.79 Å². The van der Waals surface area contributed by atoms with E-state index < -0.39 is 33.7 Å². The van der Waals surface area contributed by atoms with E-state index in [1.807, 2.05) is 30.3 Å². The molecule has 1 aromatic heterocycles. The number of hydrogen-bond donors (Lipinski definition) is 1. The van der Waals surface area contributed by atoms with E-state index >= 15 is 0 Å². The molecule has 2 aliphatic rings. The lowest BCUT2D eigenvalue weighted by atomic mass is 10.1. The van der Waals surface area contributed by atoms with Crippen LogP contribution in [0.15, 0.2) is 53.4 Å². The van der Waals surface area contributed by atoms with Crippen LogP contribution in [0.2, 0.25) is 0 Å². The number of aromatic nitrogens is 1. The van der Waals surface area contributed by atoms with Gasteiger partial charge in [0, 0.05) is 36.3 Å². The van der Waals surface area contributed by atoms with Gasteiger partial charge in [0.25, 0.3) is 0 Å². The summed E-state index contributed by atoms with van der Waals surface area (Å²) in [5, 5.41) is 10.3. The molecule has 3 heterocycles. The normalized spacial score (nSPS) is 18.7. The van der Waals surface area contributed by atoms with Crippen molar-refractivity contribution in [1.29, 1.82) is 0 Å². The highest BCUT2D eigenvalue weighted by Gasteiger charge is 2.43. The molecule has 9 nitrogen and oxygen atoms in total. The van der Waals surface area contributed by atoms with Crippen LogP contribution < -0.4 is 4.90 Å². The van der Waals surface area contributed by atoms with Crippen molar-refractivity contribution in [2.45, 2.75) is 56.6 Å². The van der Waals surface area contributed by atoms with Crippen molar-refractivity contribution in [3.8, 4) is 11.3 Å². The van der Waals surface area contributed by atoms with E-state index in [1.165, 1.54) is 10.6 Å². The van der Waals surface area contributed by atoms with E-state index in [-0.39, 0.29) is 17.9 Å². The van der Waals surface area contributed by atoms with Crippen LogP contribution in [0.4, 0.5) is 10.5 Å². The highest BCUT2D eigenvalue weighted by molar-refractivity contribution is 7.89. The van der Waals surface area contributed by atoms with Gasteiger partial charge in [-0.25, -0.2) is 17.8 Å². The van der Waals surface area contributed by atoms with Gasteiger partial charge in [0.2, 0.25) is 10.0 Å². The fourth-order valence-electron chi connectivity index (χ4n) is 5.01. The van der Waals surface area contributed by atoms with Gasteiger partial charge in [-0.1, -0.05) is 18.2 Å². The molecule has 1 unspecified atom stereocenters. The van der Waals surface area contributed by atoms with Crippen molar-refractivity contribution in [1.82, 2.24) is 8.87 Å². The third kappa shape index (κ3) is 4.59. The number of carbonyl (C=O) groups excluding carboxylic acids is 1. The second-order valence-corrected chi connectivity index (χ2v) is 12.4. The Labute approximate surface area is 216 Å². The van der Waals surface area contributed by atoms with Gasteiger partial charge in [-0.15, -0.1) is 0 Å². The zero-order valence-electron chi connectivity index (χ0n) is 21.2. The fourth-order valence-corrected chi connectivity index (χ4v) is 6.66. The first kappa shape index (κ1) is 25.3. The predicted molar refractivity (Wildman–Crippen MR) is 140 cm³/mol. The van der Waals surface area contributed by atoms with E-state index in [1.54, 1.807) is 32.9 Å². The Kier molecular flexibility index (Phi) is 6.27. The quantitative estimate of drug-likeness (QED) is 0.521. The maximum Gasteiger partial charge on any atom is 0.419 e. The van der Waals surface area contributed by atoms with Crippen LogP contribution in [0, 0.1) is 0 Å². The number of carboxylic acid groups (broad SMARTS) is 1. The van der Waals surface area contributed by atoms with Gasteiger partial charge < -0.3 is 14.7 Å². The summed E-state index contributed by atoms with van der Waals surface area (Å²) in [7, 11) is -4.05. The van der Waals surface area contributed by atoms with E-state index in [2.05, 4.69) is 4.90 Å². The van der Waals surface area contributed by atoms with Crippen LogP contribution in [0.1, 0.15) is 40.0 Å². The number of benzene rings is 2. The summed E-state index contributed by atoms with van der Waals surface area (Å²) < 4.78 is 35.2. The van der Waals surface area contributed by atoms with Gasteiger partial charge in [0.05, 0.1) is 16.1 Å². The third-order valence-electron chi connectivity index (χ3n) is 6.84. The molecule has 2 fully saturated rings. The SMILES string of the molecule is CC(C)(C)OC(=O)n1c(-c2cc(S(=O)(=O)N3CCC3C(=O)O)ccc2N2CCCC2)cc2ccccc21. The van der Waals surface area contributed by atoms with Gasteiger partial charge in [0.15, 0.2) is 0 Å². The molecule has 0 aliphatic carbocycles. The van der Waals surface area contributed by atoms with E-state index in [9.17, 15) is 23.1 Å². The number of fused-ring (bicyclic) bond motifs is 1. The maximum atomic E-state index is 13.5. The van der Waals surface area contributed by atoms with Crippen LogP contribution in [0.5, 0.6) is 0 Å². The molecule has 196 valence electrons. The van der Waals surface area contributed by atoms with Crippen molar-refractivity contribution in [2.24, 2.45) is 0 Å². The average molecular weight is 526 g/mol. The lowest BCUT2D eigenvalue weighted by Crippen LogP contribution is -2.54. The topological polar surface area (TPSA) is 109 Å². The Hall–Kier alpha value is -3.37. The number of rotatable bonds is 5. The Morgan fingerprint density at radius 2 is 1.70 bits per heavy atom. The van der Waals surface area contributed by atoms with Crippen LogP contribution in [-0.4, -0.2) is 65.7 Å². The Morgan fingerprint density at radius 3 is 2.32 bits per heavy atom. The summed E-state index contributed by atoms with van der Waals surface area (Å²) in [4.78, 5) is 27.2. The lowest BCUT2D eigenvalue weighted by molar-refractivity contribution is -0.144. The number of ether oxygens (including phenoxy) is 1. The van der Waals surface area contributed by atoms with Crippen molar-refractivity contribution in [3.63, 3.8) is 0 Å². The van der Waals surface area contributed by atoms with Crippen molar-refractivity contribution < 1.29 is 27.9 Å².